The number of hydrogen-bond acceptors (Lipinski definition) is 4. The lowest BCUT2D eigenvalue weighted by Gasteiger charge is -2.08. The topological polar surface area (TPSA) is 69.9 Å². The second-order valence-electron chi connectivity index (χ2n) is 5.86. The molecule has 0 spiro atoms. The van der Waals surface area contributed by atoms with Crippen molar-refractivity contribution < 1.29 is 19.4 Å². The monoisotopic (exact) mass is 330 g/mol. The SMILES string of the molecule is CC(C)=CCC/C(C)=C/CC/C(C)=C/C(O)CCOP(O)O. The fraction of sp³-hybridized carbons (Fsp3) is 0.647. The van der Waals surface area contributed by atoms with Gasteiger partial charge in [0.25, 0.3) is 0 Å². The molecule has 0 saturated heterocycles. The van der Waals surface area contributed by atoms with Crippen LogP contribution in [-0.4, -0.2) is 27.6 Å². The minimum absolute atomic E-state index is 0.146. The number of hydrogen-bond donors (Lipinski definition) is 3. The first-order chi connectivity index (χ1) is 10.3. The summed E-state index contributed by atoms with van der Waals surface area (Å²) in [7, 11) is -2.32. The zero-order valence-corrected chi connectivity index (χ0v) is 15.1. The van der Waals surface area contributed by atoms with Gasteiger partial charge in [-0.15, -0.1) is 0 Å². The van der Waals surface area contributed by atoms with E-state index in [1.54, 1.807) is 0 Å². The molecule has 0 radical (unpaired) electrons. The summed E-state index contributed by atoms with van der Waals surface area (Å²) in [5.74, 6) is 0. The number of aliphatic hydroxyl groups is 1. The summed E-state index contributed by atoms with van der Waals surface area (Å²) in [6.45, 7) is 8.54. The molecule has 0 amide bonds. The summed E-state index contributed by atoms with van der Waals surface area (Å²) >= 11 is 0. The molecule has 0 rings (SSSR count). The first-order valence-electron chi connectivity index (χ1n) is 7.76. The van der Waals surface area contributed by atoms with Crippen LogP contribution in [0.4, 0.5) is 0 Å². The Labute approximate surface area is 136 Å². The molecule has 0 aliphatic heterocycles. The maximum absolute atomic E-state index is 9.77. The van der Waals surface area contributed by atoms with E-state index in [4.69, 9.17) is 9.79 Å². The van der Waals surface area contributed by atoms with Crippen LogP contribution in [-0.2, 0) is 4.52 Å². The van der Waals surface area contributed by atoms with E-state index in [-0.39, 0.29) is 6.61 Å². The standard InChI is InChI=1S/C17H31O4P/c1-14(2)7-5-8-15(3)9-6-10-16(4)13-17(18)11-12-21-22(19)20/h7,9,13,17-20H,5-6,8,10-12H2,1-4H3/b15-9+,16-13+. The predicted molar refractivity (Wildman–Crippen MR) is 93.3 cm³/mol. The van der Waals surface area contributed by atoms with Crippen molar-refractivity contribution in [1.82, 2.24) is 0 Å². The fourth-order valence-corrected chi connectivity index (χ4v) is 2.26. The van der Waals surface area contributed by atoms with Gasteiger partial charge in [0, 0.05) is 6.42 Å². The van der Waals surface area contributed by atoms with E-state index in [1.807, 2.05) is 13.0 Å². The summed E-state index contributed by atoms with van der Waals surface area (Å²) in [4.78, 5) is 17.2. The van der Waals surface area contributed by atoms with Crippen LogP contribution in [0.5, 0.6) is 0 Å². The Bertz CT molecular complexity index is 382. The second-order valence-corrected chi connectivity index (χ2v) is 6.63. The van der Waals surface area contributed by atoms with Crippen molar-refractivity contribution in [3.63, 3.8) is 0 Å². The van der Waals surface area contributed by atoms with Gasteiger partial charge in [-0.3, -0.25) is 0 Å². The largest absolute Gasteiger partial charge is 0.389 e. The molecular weight excluding hydrogens is 299 g/mol. The summed E-state index contributed by atoms with van der Waals surface area (Å²) in [6, 6.07) is 0. The normalized spacial score (nSPS) is 14.4. The highest BCUT2D eigenvalue weighted by atomic mass is 31.2. The van der Waals surface area contributed by atoms with Crippen molar-refractivity contribution >= 4 is 8.60 Å². The molecule has 128 valence electrons. The van der Waals surface area contributed by atoms with Crippen molar-refractivity contribution in [3.05, 3.63) is 34.9 Å². The Kier molecular flexibility index (Phi) is 12.7. The van der Waals surface area contributed by atoms with Gasteiger partial charge in [-0.2, -0.15) is 0 Å². The van der Waals surface area contributed by atoms with Gasteiger partial charge < -0.3 is 19.4 Å². The van der Waals surface area contributed by atoms with Crippen LogP contribution in [0.2, 0.25) is 0 Å². The molecule has 0 bridgehead atoms. The van der Waals surface area contributed by atoms with Crippen molar-refractivity contribution in [1.29, 1.82) is 0 Å². The first-order valence-corrected chi connectivity index (χ1v) is 8.93. The Morgan fingerprint density at radius 2 is 1.59 bits per heavy atom. The van der Waals surface area contributed by atoms with E-state index in [2.05, 4.69) is 37.4 Å². The van der Waals surface area contributed by atoms with Gasteiger partial charge in [0.2, 0.25) is 0 Å². The maximum Gasteiger partial charge on any atom is 0.327 e. The van der Waals surface area contributed by atoms with Crippen LogP contribution < -0.4 is 0 Å². The number of allylic oxidation sites excluding steroid dienone is 5. The lowest BCUT2D eigenvalue weighted by Crippen LogP contribution is -2.06. The third-order valence-electron chi connectivity index (χ3n) is 3.22. The van der Waals surface area contributed by atoms with E-state index in [9.17, 15) is 5.11 Å². The zero-order chi connectivity index (χ0) is 17.0. The highest BCUT2D eigenvalue weighted by molar-refractivity contribution is 7.39. The maximum atomic E-state index is 9.77. The van der Waals surface area contributed by atoms with Crippen LogP contribution in [0.15, 0.2) is 34.9 Å². The molecule has 0 aromatic carbocycles. The highest BCUT2D eigenvalue weighted by Crippen LogP contribution is 2.24. The number of aliphatic hydroxyl groups excluding tert-OH is 1. The first kappa shape index (κ1) is 21.5. The molecule has 22 heavy (non-hydrogen) atoms. The van der Waals surface area contributed by atoms with E-state index in [1.165, 1.54) is 11.1 Å². The van der Waals surface area contributed by atoms with E-state index < -0.39 is 14.7 Å². The molecule has 3 N–H and O–H groups in total. The molecule has 0 aliphatic rings. The molecule has 0 aromatic heterocycles. The lowest BCUT2D eigenvalue weighted by molar-refractivity contribution is 0.168. The van der Waals surface area contributed by atoms with E-state index >= 15 is 0 Å². The van der Waals surface area contributed by atoms with Crippen LogP contribution in [0.25, 0.3) is 0 Å². The van der Waals surface area contributed by atoms with Gasteiger partial charge in [0.15, 0.2) is 0 Å². The number of rotatable bonds is 11. The molecule has 1 unspecified atom stereocenters. The molecule has 5 heteroatoms. The molecule has 0 aliphatic carbocycles. The second kappa shape index (κ2) is 13.0. The molecule has 1 atom stereocenters. The third kappa shape index (κ3) is 14.4. The summed E-state index contributed by atoms with van der Waals surface area (Å²) in [5.41, 5.74) is 3.90. The minimum atomic E-state index is -2.32. The molecule has 0 fully saturated rings. The quantitative estimate of drug-likeness (QED) is 0.388. The Balaban J connectivity index is 3.97. The van der Waals surface area contributed by atoms with Crippen molar-refractivity contribution in [2.75, 3.05) is 6.61 Å². The zero-order valence-electron chi connectivity index (χ0n) is 14.2. The van der Waals surface area contributed by atoms with Crippen LogP contribution >= 0.6 is 8.60 Å². The smallest absolute Gasteiger partial charge is 0.327 e. The van der Waals surface area contributed by atoms with Gasteiger partial charge in [-0.1, -0.05) is 34.9 Å². The molecule has 0 aromatic rings. The highest BCUT2D eigenvalue weighted by Gasteiger charge is 2.04. The van der Waals surface area contributed by atoms with Gasteiger partial charge in [-0.25, -0.2) is 0 Å². The summed E-state index contributed by atoms with van der Waals surface area (Å²) < 4.78 is 4.63. The van der Waals surface area contributed by atoms with Gasteiger partial charge in [-0.05, 0) is 53.4 Å². The predicted octanol–water partition coefficient (Wildman–Crippen LogP) is 4.38. The molecule has 4 nitrogen and oxygen atoms in total. The van der Waals surface area contributed by atoms with Gasteiger partial charge in [0.05, 0.1) is 12.7 Å². The fourth-order valence-electron chi connectivity index (χ4n) is 1.99. The molecular formula is C17H31O4P. The summed E-state index contributed by atoms with van der Waals surface area (Å²) in [6.07, 6.45) is 10.2. The van der Waals surface area contributed by atoms with E-state index in [0.29, 0.717) is 6.42 Å². The molecule has 0 saturated carbocycles. The van der Waals surface area contributed by atoms with Crippen LogP contribution in [0.3, 0.4) is 0 Å². The minimum Gasteiger partial charge on any atom is -0.389 e. The van der Waals surface area contributed by atoms with Crippen molar-refractivity contribution in [2.24, 2.45) is 0 Å². The van der Waals surface area contributed by atoms with Crippen LogP contribution in [0.1, 0.15) is 59.8 Å². The average Bonchev–Trinajstić information content (AvgIpc) is 2.37. The Morgan fingerprint density at radius 3 is 2.18 bits per heavy atom. The lowest BCUT2D eigenvalue weighted by atomic mass is 10.1. The van der Waals surface area contributed by atoms with Crippen molar-refractivity contribution in [3.8, 4) is 0 Å². The van der Waals surface area contributed by atoms with Gasteiger partial charge >= 0.3 is 8.60 Å². The average molecular weight is 330 g/mol. The Hall–Kier alpha value is -0.510. The Morgan fingerprint density at radius 1 is 1.00 bits per heavy atom. The van der Waals surface area contributed by atoms with Crippen LogP contribution in [0, 0.1) is 0 Å². The van der Waals surface area contributed by atoms with Gasteiger partial charge in [0.1, 0.15) is 0 Å². The summed E-state index contributed by atoms with van der Waals surface area (Å²) in [5, 5.41) is 9.77. The molecule has 0 heterocycles. The third-order valence-corrected chi connectivity index (χ3v) is 3.63. The van der Waals surface area contributed by atoms with Crippen molar-refractivity contribution in [2.45, 2.75) is 65.9 Å². The van der Waals surface area contributed by atoms with E-state index in [0.717, 1.165) is 31.3 Å².